The van der Waals surface area contributed by atoms with Gasteiger partial charge in [-0.3, -0.25) is 9.97 Å². The van der Waals surface area contributed by atoms with Crippen molar-refractivity contribution in [1.82, 2.24) is 9.97 Å². The van der Waals surface area contributed by atoms with Gasteiger partial charge >= 0.3 is 10.1 Å². The SMILES string of the molecule is [BeH2].c1ccc(-c2ccccn2)cc1.c1ccc(-c2ccccn2)cc1. The Morgan fingerprint density at radius 2 is 0.760 bits per heavy atom. The fraction of sp³-hybridized carbons (Fsp3) is 0. The van der Waals surface area contributed by atoms with Gasteiger partial charge in [0.2, 0.25) is 0 Å². The van der Waals surface area contributed by atoms with Gasteiger partial charge in [-0.25, -0.2) is 0 Å². The summed E-state index contributed by atoms with van der Waals surface area (Å²) in [6.07, 6.45) is 3.62. The molecule has 3 heteroatoms. The summed E-state index contributed by atoms with van der Waals surface area (Å²) in [5.74, 6) is 0. The van der Waals surface area contributed by atoms with Gasteiger partial charge < -0.3 is 0 Å². The van der Waals surface area contributed by atoms with Crippen molar-refractivity contribution >= 4 is 10.1 Å². The Morgan fingerprint density at radius 1 is 0.400 bits per heavy atom. The second-order valence-corrected chi connectivity index (χ2v) is 5.16. The third-order valence-corrected chi connectivity index (χ3v) is 3.47. The van der Waals surface area contributed by atoms with Crippen molar-refractivity contribution in [3.05, 3.63) is 109 Å². The molecule has 0 unspecified atom stereocenters. The summed E-state index contributed by atoms with van der Waals surface area (Å²) in [6.45, 7) is 0. The zero-order valence-corrected chi connectivity index (χ0v) is 13.3. The predicted octanol–water partition coefficient (Wildman–Crippen LogP) is 4.58. The minimum absolute atomic E-state index is 0. The van der Waals surface area contributed by atoms with Crippen LogP contribution < -0.4 is 0 Å². The van der Waals surface area contributed by atoms with E-state index in [2.05, 4.69) is 34.2 Å². The van der Waals surface area contributed by atoms with Gasteiger partial charge in [-0.2, -0.15) is 0 Å². The second kappa shape index (κ2) is 9.92. The maximum Gasteiger partial charge on any atom is 0.0701 e. The van der Waals surface area contributed by atoms with Gasteiger partial charge in [-0.15, -0.1) is 0 Å². The van der Waals surface area contributed by atoms with E-state index in [9.17, 15) is 0 Å². The average molecular weight is 321 g/mol. The third kappa shape index (κ3) is 5.49. The first-order chi connectivity index (χ1) is 11.9. The summed E-state index contributed by atoms with van der Waals surface area (Å²) in [5, 5.41) is 0. The number of benzene rings is 2. The number of rotatable bonds is 2. The first-order valence-electron chi connectivity index (χ1n) is 7.86. The first kappa shape index (κ1) is 18.3. The minimum atomic E-state index is 0. The van der Waals surface area contributed by atoms with Gasteiger partial charge in [0.05, 0.1) is 11.4 Å². The largest absolute Gasteiger partial charge is 0.256 e. The number of hydrogen-bond donors (Lipinski definition) is 0. The van der Waals surface area contributed by atoms with E-state index in [1.165, 1.54) is 0 Å². The predicted molar refractivity (Wildman–Crippen MR) is 108 cm³/mol. The number of nitrogens with zero attached hydrogens (tertiary/aromatic N) is 2. The van der Waals surface area contributed by atoms with Crippen molar-refractivity contribution in [2.24, 2.45) is 0 Å². The smallest absolute Gasteiger partial charge is 0.0701 e. The van der Waals surface area contributed by atoms with E-state index in [1.54, 1.807) is 0 Å². The molecule has 0 saturated heterocycles. The van der Waals surface area contributed by atoms with Gasteiger partial charge in [0.15, 0.2) is 0 Å². The summed E-state index contributed by atoms with van der Waals surface area (Å²) in [5.41, 5.74) is 4.38. The molecule has 0 N–H and O–H groups in total. The van der Waals surface area contributed by atoms with Gasteiger partial charge in [-0.1, -0.05) is 72.8 Å². The van der Waals surface area contributed by atoms with Crippen molar-refractivity contribution in [1.29, 1.82) is 0 Å². The summed E-state index contributed by atoms with van der Waals surface area (Å²) < 4.78 is 0. The van der Waals surface area contributed by atoms with Crippen LogP contribution in [0.15, 0.2) is 109 Å². The van der Waals surface area contributed by atoms with Crippen molar-refractivity contribution < 1.29 is 0 Å². The molecule has 2 heterocycles. The maximum atomic E-state index is 4.25. The molecule has 0 fully saturated rings. The fourth-order valence-electron chi connectivity index (χ4n) is 2.28. The topological polar surface area (TPSA) is 25.8 Å². The van der Waals surface area contributed by atoms with E-state index in [1.807, 2.05) is 85.2 Å². The molecule has 0 radical (unpaired) electrons. The van der Waals surface area contributed by atoms with Crippen molar-refractivity contribution in [2.75, 3.05) is 0 Å². The van der Waals surface area contributed by atoms with Crippen molar-refractivity contribution in [3.8, 4) is 22.5 Å². The van der Waals surface area contributed by atoms with Crippen LogP contribution in [0.2, 0.25) is 0 Å². The van der Waals surface area contributed by atoms with Crippen LogP contribution in [0, 0.1) is 0 Å². The normalized spacial score (nSPS) is 9.28. The van der Waals surface area contributed by atoms with Gasteiger partial charge in [0.25, 0.3) is 0 Å². The molecule has 0 saturated carbocycles. The van der Waals surface area contributed by atoms with Crippen LogP contribution >= 0.6 is 0 Å². The third-order valence-electron chi connectivity index (χ3n) is 3.47. The summed E-state index contributed by atoms with van der Waals surface area (Å²) in [6, 6.07) is 32.2. The monoisotopic (exact) mass is 321 g/mol. The molecule has 4 rings (SSSR count). The molecule has 0 aliphatic rings. The summed E-state index contributed by atoms with van der Waals surface area (Å²) in [4.78, 5) is 8.50. The molecule has 0 spiro atoms. The van der Waals surface area contributed by atoms with Crippen molar-refractivity contribution in [2.45, 2.75) is 0 Å². The van der Waals surface area contributed by atoms with Crippen LogP contribution in [0.25, 0.3) is 22.5 Å². The second-order valence-electron chi connectivity index (χ2n) is 5.16. The van der Waals surface area contributed by atoms with E-state index in [0.717, 1.165) is 22.5 Å². The Labute approximate surface area is 152 Å². The molecule has 2 aromatic heterocycles. The molecule has 0 aliphatic carbocycles. The van der Waals surface area contributed by atoms with Crippen LogP contribution in [0.5, 0.6) is 0 Å². The minimum Gasteiger partial charge on any atom is -0.256 e. The molecule has 0 amide bonds. The maximum absolute atomic E-state index is 4.25. The average Bonchev–Trinajstić information content (AvgIpc) is 2.71. The van der Waals surface area contributed by atoms with Gasteiger partial charge in [0, 0.05) is 23.5 Å². The molecular weight excluding hydrogens is 301 g/mol. The van der Waals surface area contributed by atoms with Crippen LogP contribution in [0.1, 0.15) is 0 Å². The van der Waals surface area contributed by atoms with Gasteiger partial charge in [0.1, 0.15) is 0 Å². The Morgan fingerprint density at radius 3 is 1.08 bits per heavy atom. The fourth-order valence-corrected chi connectivity index (χ4v) is 2.28. The van der Waals surface area contributed by atoms with Crippen LogP contribution in [0.3, 0.4) is 0 Å². The Balaban J connectivity index is 0.000000173. The van der Waals surface area contributed by atoms with E-state index in [-0.39, 0.29) is 10.1 Å². The standard InChI is InChI=1S/2C11H9N.Be.2H/c2*1-2-6-10(7-3-1)11-8-4-5-9-12-11;;;/h2*1-9H;;;. The number of aromatic nitrogens is 2. The summed E-state index contributed by atoms with van der Waals surface area (Å²) >= 11 is 0. The van der Waals surface area contributed by atoms with Crippen LogP contribution in [0.4, 0.5) is 0 Å². The molecular formula is C22H20BeN2. The molecule has 25 heavy (non-hydrogen) atoms. The van der Waals surface area contributed by atoms with Crippen LogP contribution in [-0.2, 0) is 0 Å². The van der Waals surface area contributed by atoms with E-state index >= 15 is 0 Å². The summed E-state index contributed by atoms with van der Waals surface area (Å²) in [7, 11) is 0. The van der Waals surface area contributed by atoms with Crippen LogP contribution in [-0.4, -0.2) is 20.1 Å². The molecule has 0 bridgehead atoms. The van der Waals surface area contributed by atoms with Crippen molar-refractivity contribution in [3.63, 3.8) is 0 Å². The molecule has 0 atom stereocenters. The zero-order valence-electron chi connectivity index (χ0n) is 13.3. The molecule has 2 nitrogen and oxygen atoms in total. The molecule has 2 aromatic carbocycles. The zero-order chi connectivity index (χ0) is 16.5. The van der Waals surface area contributed by atoms with E-state index in [4.69, 9.17) is 0 Å². The molecule has 0 aliphatic heterocycles. The number of hydrogen-bond acceptors (Lipinski definition) is 2. The Bertz CT molecular complexity index is 686. The molecule has 120 valence electrons. The quantitative estimate of drug-likeness (QED) is 0.505. The first-order valence-corrected chi connectivity index (χ1v) is 7.86. The molecule has 4 aromatic rings. The van der Waals surface area contributed by atoms with E-state index in [0.29, 0.717) is 0 Å². The van der Waals surface area contributed by atoms with Gasteiger partial charge in [-0.05, 0) is 24.3 Å². The Hall–Kier alpha value is -3.09. The number of pyridine rings is 2. The Kier molecular flexibility index (Phi) is 7.24. The van der Waals surface area contributed by atoms with E-state index < -0.39 is 0 Å².